The average Bonchev–Trinajstić information content (AvgIpc) is 2.68. The average molecular weight is 349 g/mol. The number of halogens is 1. The molecule has 1 aromatic heterocycles. The lowest BCUT2D eigenvalue weighted by Gasteiger charge is -2.37. The van der Waals surface area contributed by atoms with E-state index in [0.717, 1.165) is 12.0 Å². The van der Waals surface area contributed by atoms with E-state index in [1.165, 1.54) is 11.1 Å². The molecule has 0 bridgehead atoms. The second kappa shape index (κ2) is 6.69. The number of carbonyl (C=O) groups is 1. The highest BCUT2D eigenvalue weighted by atomic mass is 35.5. The number of carbonyl (C=O) groups excluding carboxylic acids is 1. The summed E-state index contributed by atoms with van der Waals surface area (Å²) in [7, 11) is 0. The van der Waals surface area contributed by atoms with Crippen LogP contribution in [-0.4, -0.2) is 22.3 Å². The van der Waals surface area contributed by atoms with E-state index in [-0.39, 0.29) is 11.9 Å². The first-order valence-corrected chi connectivity index (χ1v) is 8.66. The summed E-state index contributed by atoms with van der Waals surface area (Å²) < 4.78 is 0. The van der Waals surface area contributed by atoms with Crippen LogP contribution in [0.2, 0.25) is 5.02 Å². The molecular formula is C21H17ClN2O. The Balaban J connectivity index is 1.78. The van der Waals surface area contributed by atoms with Crippen molar-refractivity contribution >= 4 is 17.5 Å². The summed E-state index contributed by atoms with van der Waals surface area (Å²) >= 11 is 5.96. The van der Waals surface area contributed by atoms with Crippen LogP contribution in [-0.2, 0) is 6.42 Å². The molecule has 124 valence electrons. The Morgan fingerprint density at radius 1 is 1.00 bits per heavy atom. The number of hydrogen-bond donors (Lipinski definition) is 0. The second-order valence-electron chi connectivity index (χ2n) is 6.14. The molecule has 3 aromatic rings. The van der Waals surface area contributed by atoms with E-state index in [1.54, 1.807) is 36.7 Å². The van der Waals surface area contributed by atoms with E-state index in [9.17, 15) is 4.79 Å². The van der Waals surface area contributed by atoms with Crippen LogP contribution in [0.25, 0.3) is 0 Å². The largest absolute Gasteiger partial charge is 0.327 e. The Kier molecular flexibility index (Phi) is 4.24. The number of benzene rings is 2. The van der Waals surface area contributed by atoms with Crippen LogP contribution in [0.5, 0.6) is 0 Å². The molecule has 1 atom stereocenters. The minimum atomic E-state index is -0.101. The zero-order valence-corrected chi connectivity index (χ0v) is 14.4. The van der Waals surface area contributed by atoms with Crippen molar-refractivity contribution in [3.8, 4) is 0 Å². The van der Waals surface area contributed by atoms with Crippen molar-refractivity contribution in [1.29, 1.82) is 0 Å². The number of hydrogen-bond acceptors (Lipinski definition) is 2. The molecule has 25 heavy (non-hydrogen) atoms. The maximum atomic E-state index is 13.2. The smallest absolute Gasteiger partial charge is 0.254 e. The van der Waals surface area contributed by atoms with Crippen LogP contribution in [0.1, 0.15) is 33.1 Å². The molecule has 2 aromatic carbocycles. The quantitative estimate of drug-likeness (QED) is 0.682. The van der Waals surface area contributed by atoms with Crippen LogP contribution in [0.15, 0.2) is 73.1 Å². The van der Waals surface area contributed by atoms with Gasteiger partial charge in [0.1, 0.15) is 0 Å². The Hall–Kier alpha value is -2.65. The number of pyridine rings is 1. The molecule has 1 amide bonds. The fourth-order valence-electron chi connectivity index (χ4n) is 3.45. The molecular weight excluding hydrogens is 332 g/mol. The molecule has 0 fully saturated rings. The maximum Gasteiger partial charge on any atom is 0.254 e. The van der Waals surface area contributed by atoms with E-state index < -0.39 is 0 Å². The highest BCUT2D eigenvalue weighted by molar-refractivity contribution is 6.30. The highest BCUT2D eigenvalue weighted by Crippen LogP contribution is 2.35. The van der Waals surface area contributed by atoms with Crippen LogP contribution in [0.3, 0.4) is 0 Å². The first kappa shape index (κ1) is 15.9. The highest BCUT2D eigenvalue weighted by Gasteiger charge is 2.32. The molecule has 0 radical (unpaired) electrons. The van der Waals surface area contributed by atoms with Gasteiger partial charge >= 0.3 is 0 Å². The number of nitrogens with zero attached hydrogens (tertiary/aromatic N) is 2. The molecule has 4 heteroatoms. The monoisotopic (exact) mass is 348 g/mol. The Labute approximate surface area is 151 Å². The number of amides is 1. The lowest BCUT2D eigenvalue weighted by Crippen LogP contribution is -2.40. The Bertz CT molecular complexity index is 893. The first-order valence-electron chi connectivity index (χ1n) is 8.28. The van der Waals surface area contributed by atoms with Crippen molar-refractivity contribution in [2.24, 2.45) is 0 Å². The van der Waals surface area contributed by atoms with E-state index in [1.807, 2.05) is 23.1 Å². The molecule has 4 rings (SSSR count). The molecule has 1 aliphatic heterocycles. The van der Waals surface area contributed by atoms with Crippen molar-refractivity contribution in [2.45, 2.75) is 12.5 Å². The first-order chi connectivity index (χ1) is 12.2. The van der Waals surface area contributed by atoms with Crippen molar-refractivity contribution in [2.75, 3.05) is 6.54 Å². The molecule has 1 aliphatic rings. The van der Waals surface area contributed by atoms with Crippen molar-refractivity contribution in [3.63, 3.8) is 0 Å². The zero-order chi connectivity index (χ0) is 17.2. The summed E-state index contributed by atoms with van der Waals surface area (Å²) in [6.45, 7) is 0.686. The lowest BCUT2D eigenvalue weighted by atomic mass is 9.88. The van der Waals surface area contributed by atoms with Gasteiger partial charge in [0, 0.05) is 29.5 Å². The molecule has 0 saturated carbocycles. The van der Waals surface area contributed by atoms with Gasteiger partial charge in [0.15, 0.2) is 0 Å². The van der Waals surface area contributed by atoms with Gasteiger partial charge in [-0.15, -0.1) is 0 Å². The predicted molar refractivity (Wildman–Crippen MR) is 98.7 cm³/mol. The standard InChI is InChI=1S/C21H17ClN2O/c22-18-7-5-17(6-8-18)21(25)24-14-11-15-3-1-2-4-19(15)20(24)16-9-12-23-13-10-16/h1-10,12-13,20H,11,14H2. The van der Waals surface area contributed by atoms with E-state index in [0.29, 0.717) is 17.1 Å². The summed E-state index contributed by atoms with van der Waals surface area (Å²) in [5.41, 5.74) is 4.21. The summed E-state index contributed by atoms with van der Waals surface area (Å²) in [6.07, 6.45) is 4.41. The van der Waals surface area contributed by atoms with E-state index in [2.05, 4.69) is 23.2 Å². The summed E-state index contributed by atoms with van der Waals surface area (Å²) in [5.74, 6) is 0.0213. The minimum absolute atomic E-state index is 0.0213. The van der Waals surface area contributed by atoms with Gasteiger partial charge in [-0.25, -0.2) is 0 Å². The Morgan fingerprint density at radius 2 is 1.72 bits per heavy atom. The zero-order valence-electron chi connectivity index (χ0n) is 13.6. The third-order valence-corrected chi connectivity index (χ3v) is 4.91. The molecule has 0 spiro atoms. The third-order valence-electron chi connectivity index (χ3n) is 4.66. The van der Waals surface area contributed by atoms with Gasteiger partial charge < -0.3 is 4.90 Å². The summed E-state index contributed by atoms with van der Waals surface area (Å²) in [4.78, 5) is 19.2. The van der Waals surface area contributed by atoms with Gasteiger partial charge in [-0.2, -0.15) is 0 Å². The SMILES string of the molecule is O=C(c1ccc(Cl)cc1)N1CCc2ccccc2C1c1ccncc1. The van der Waals surface area contributed by atoms with Gasteiger partial charge in [-0.3, -0.25) is 9.78 Å². The molecule has 0 N–H and O–H groups in total. The normalized spacial score (nSPS) is 16.4. The van der Waals surface area contributed by atoms with Crippen LogP contribution < -0.4 is 0 Å². The van der Waals surface area contributed by atoms with Gasteiger partial charge in [0.2, 0.25) is 0 Å². The van der Waals surface area contributed by atoms with Crippen LogP contribution in [0, 0.1) is 0 Å². The summed E-state index contributed by atoms with van der Waals surface area (Å²) in [5, 5.41) is 0.631. The van der Waals surface area contributed by atoms with Crippen molar-refractivity contribution in [1.82, 2.24) is 9.88 Å². The van der Waals surface area contributed by atoms with E-state index in [4.69, 9.17) is 11.6 Å². The predicted octanol–water partition coefficient (Wildman–Crippen LogP) is 4.52. The number of fused-ring (bicyclic) bond motifs is 1. The minimum Gasteiger partial charge on any atom is -0.327 e. The molecule has 2 heterocycles. The van der Waals surface area contributed by atoms with Gasteiger partial charge in [-0.1, -0.05) is 35.9 Å². The lowest BCUT2D eigenvalue weighted by molar-refractivity contribution is 0.0694. The number of aromatic nitrogens is 1. The van der Waals surface area contributed by atoms with Crippen LogP contribution in [0.4, 0.5) is 0 Å². The molecule has 0 saturated heterocycles. The Morgan fingerprint density at radius 3 is 2.48 bits per heavy atom. The fourth-order valence-corrected chi connectivity index (χ4v) is 3.57. The van der Waals surface area contributed by atoms with Gasteiger partial charge in [0.25, 0.3) is 5.91 Å². The third kappa shape index (κ3) is 3.03. The van der Waals surface area contributed by atoms with Gasteiger partial charge in [-0.05, 0) is 59.5 Å². The molecule has 0 aliphatic carbocycles. The van der Waals surface area contributed by atoms with Crippen molar-refractivity contribution < 1.29 is 4.79 Å². The molecule has 3 nitrogen and oxygen atoms in total. The summed E-state index contributed by atoms with van der Waals surface area (Å²) in [6, 6.07) is 19.3. The fraction of sp³-hybridized carbons (Fsp3) is 0.143. The van der Waals surface area contributed by atoms with E-state index >= 15 is 0 Å². The maximum absolute atomic E-state index is 13.2. The topological polar surface area (TPSA) is 33.2 Å². The van der Waals surface area contributed by atoms with Crippen molar-refractivity contribution in [3.05, 3.63) is 100 Å². The second-order valence-corrected chi connectivity index (χ2v) is 6.57. The molecule has 1 unspecified atom stereocenters. The number of rotatable bonds is 2. The van der Waals surface area contributed by atoms with Crippen LogP contribution >= 0.6 is 11.6 Å². The van der Waals surface area contributed by atoms with Gasteiger partial charge in [0.05, 0.1) is 6.04 Å².